The lowest BCUT2D eigenvalue weighted by Gasteiger charge is -2.02. The van der Waals surface area contributed by atoms with Crippen molar-refractivity contribution < 1.29 is 4.79 Å². The van der Waals surface area contributed by atoms with Crippen LogP contribution in [0.15, 0.2) is 23.8 Å². The second-order valence-corrected chi connectivity index (χ2v) is 3.75. The molecule has 0 radical (unpaired) electrons. The van der Waals surface area contributed by atoms with Gasteiger partial charge in [-0.3, -0.25) is 5.32 Å². The Labute approximate surface area is 89.7 Å². The Hall–Kier alpha value is -1.89. The minimum absolute atomic E-state index is 0.305. The van der Waals surface area contributed by atoms with E-state index in [1.807, 2.05) is 17.5 Å². The summed E-state index contributed by atoms with van der Waals surface area (Å²) in [6.45, 7) is 0.512. The molecular formula is C8H9N5OS. The number of hydrogen-bond donors (Lipinski definition) is 3. The van der Waals surface area contributed by atoms with Crippen LogP contribution in [-0.4, -0.2) is 21.2 Å². The summed E-state index contributed by atoms with van der Waals surface area (Å²) in [7, 11) is 0. The van der Waals surface area contributed by atoms with E-state index < -0.39 is 0 Å². The van der Waals surface area contributed by atoms with Crippen LogP contribution >= 0.6 is 11.3 Å². The average Bonchev–Trinajstić information content (AvgIpc) is 2.86. The number of carbonyl (C=O) groups is 1. The maximum Gasteiger partial charge on any atom is 0.321 e. The lowest BCUT2D eigenvalue weighted by molar-refractivity contribution is 0.251. The maximum absolute atomic E-state index is 11.3. The third-order valence-corrected chi connectivity index (χ3v) is 2.53. The van der Waals surface area contributed by atoms with E-state index in [9.17, 15) is 4.79 Å². The maximum atomic E-state index is 11.3. The largest absolute Gasteiger partial charge is 0.333 e. The molecule has 15 heavy (non-hydrogen) atoms. The predicted molar refractivity (Wildman–Crippen MR) is 56.6 cm³/mol. The highest BCUT2D eigenvalue weighted by Gasteiger charge is 2.02. The van der Waals surface area contributed by atoms with E-state index >= 15 is 0 Å². The van der Waals surface area contributed by atoms with Crippen molar-refractivity contribution in [3.05, 3.63) is 28.7 Å². The molecule has 2 amide bonds. The molecule has 0 saturated heterocycles. The van der Waals surface area contributed by atoms with E-state index in [2.05, 4.69) is 25.8 Å². The Balaban J connectivity index is 1.78. The van der Waals surface area contributed by atoms with Crippen LogP contribution in [0.2, 0.25) is 0 Å². The zero-order chi connectivity index (χ0) is 10.5. The van der Waals surface area contributed by atoms with E-state index in [0.29, 0.717) is 12.5 Å². The van der Waals surface area contributed by atoms with Crippen LogP contribution in [0, 0.1) is 0 Å². The molecule has 0 aliphatic carbocycles. The van der Waals surface area contributed by atoms with Gasteiger partial charge in [-0.25, -0.2) is 9.89 Å². The topological polar surface area (TPSA) is 82.7 Å². The fourth-order valence-electron chi connectivity index (χ4n) is 0.998. The van der Waals surface area contributed by atoms with Crippen LogP contribution in [0.4, 0.5) is 10.7 Å². The Morgan fingerprint density at radius 3 is 3.20 bits per heavy atom. The molecule has 0 unspecified atom stereocenters. The molecule has 0 spiro atoms. The molecule has 2 heterocycles. The number of hydrogen-bond acceptors (Lipinski definition) is 4. The molecule has 7 heteroatoms. The molecular weight excluding hydrogens is 214 g/mol. The van der Waals surface area contributed by atoms with Gasteiger partial charge in [0.25, 0.3) is 0 Å². The fraction of sp³-hybridized carbons (Fsp3) is 0.125. The molecule has 0 saturated carbocycles. The van der Waals surface area contributed by atoms with Gasteiger partial charge in [-0.15, -0.1) is 11.3 Å². The zero-order valence-electron chi connectivity index (χ0n) is 7.73. The summed E-state index contributed by atoms with van der Waals surface area (Å²) in [6.07, 6.45) is 1.33. The lowest BCUT2D eigenvalue weighted by atomic mass is 10.5. The molecule has 2 aromatic heterocycles. The molecule has 0 aliphatic rings. The quantitative estimate of drug-likeness (QED) is 0.730. The molecule has 2 rings (SSSR count). The van der Waals surface area contributed by atoms with E-state index in [4.69, 9.17) is 0 Å². The molecule has 0 atom stereocenters. The Bertz CT molecular complexity index is 410. The van der Waals surface area contributed by atoms with E-state index in [1.165, 1.54) is 6.33 Å². The normalized spacial score (nSPS) is 9.87. The first-order valence-corrected chi connectivity index (χ1v) is 5.15. The smallest absolute Gasteiger partial charge is 0.321 e. The third kappa shape index (κ3) is 2.78. The van der Waals surface area contributed by atoms with Gasteiger partial charge in [-0.05, 0) is 11.4 Å². The standard InChI is InChI=1S/C8H9N5OS/c14-8(12-7-10-5-11-13-7)9-4-6-2-1-3-15-6/h1-3,5H,4H2,(H3,9,10,11,12,13,14). The van der Waals surface area contributed by atoms with Crippen LogP contribution < -0.4 is 10.6 Å². The molecule has 0 bridgehead atoms. The summed E-state index contributed by atoms with van der Waals surface area (Å²) in [5, 5.41) is 13.3. The van der Waals surface area contributed by atoms with E-state index in [1.54, 1.807) is 11.3 Å². The van der Waals surface area contributed by atoms with Crippen molar-refractivity contribution in [1.29, 1.82) is 0 Å². The van der Waals surface area contributed by atoms with Gasteiger partial charge in [0.2, 0.25) is 5.95 Å². The number of aromatic amines is 1. The predicted octanol–water partition coefficient (Wildman–Crippen LogP) is 1.19. The van der Waals surface area contributed by atoms with Crippen molar-refractivity contribution in [3.8, 4) is 0 Å². The third-order valence-electron chi connectivity index (χ3n) is 1.65. The summed E-state index contributed by atoms with van der Waals surface area (Å²) in [6, 6.07) is 3.59. The average molecular weight is 223 g/mol. The van der Waals surface area contributed by atoms with Crippen LogP contribution in [0.3, 0.4) is 0 Å². The summed E-state index contributed by atoms with van der Waals surface area (Å²) in [5.74, 6) is 0.332. The Morgan fingerprint density at radius 1 is 1.60 bits per heavy atom. The SMILES string of the molecule is O=C(NCc1cccs1)Nc1ncn[nH]1. The van der Waals surface area contributed by atoms with Gasteiger partial charge in [0.15, 0.2) is 0 Å². The highest BCUT2D eigenvalue weighted by molar-refractivity contribution is 7.09. The first-order chi connectivity index (χ1) is 7.34. The van der Waals surface area contributed by atoms with Crippen molar-refractivity contribution in [2.75, 3.05) is 5.32 Å². The second-order valence-electron chi connectivity index (χ2n) is 2.72. The van der Waals surface area contributed by atoms with Gasteiger partial charge in [-0.2, -0.15) is 10.1 Å². The minimum Gasteiger partial charge on any atom is -0.333 e. The van der Waals surface area contributed by atoms with Crippen molar-refractivity contribution in [2.24, 2.45) is 0 Å². The number of H-pyrrole nitrogens is 1. The van der Waals surface area contributed by atoms with E-state index in [0.717, 1.165) is 4.88 Å². The van der Waals surface area contributed by atoms with Crippen molar-refractivity contribution in [1.82, 2.24) is 20.5 Å². The van der Waals surface area contributed by atoms with Crippen LogP contribution in [0.25, 0.3) is 0 Å². The number of thiophene rings is 1. The van der Waals surface area contributed by atoms with Crippen LogP contribution in [0.1, 0.15) is 4.88 Å². The number of aromatic nitrogens is 3. The van der Waals surface area contributed by atoms with Gasteiger partial charge in [-0.1, -0.05) is 6.07 Å². The van der Waals surface area contributed by atoms with Crippen molar-refractivity contribution >= 4 is 23.3 Å². The molecule has 0 aromatic carbocycles. The van der Waals surface area contributed by atoms with Gasteiger partial charge < -0.3 is 5.32 Å². The first kappa shape index (κ1) is 9.66. The molecule has 78 valence electrons. The first-order valence-electron chi connectivity index (χ1n) is 4.27. The summed E-state index contributed by atoms with van der Waals surface area (Å²) >= 11 is 1.59. The van der Waals surface area contributed by atoms with Crippen molar-refractivity contribution in [2.45, 2.75) is 6.54 Å². The Kier molecular flexibility index (Phi) is 2.93. The Morgan fingerprint density at radius 2 is 2.53 bits per heavy atom. The summed E-state index contributed by atoms with van der Waals surface area (Å²) < 4.78 is 0. The molecule has 2 aromatic rings. The fourth-order valence-corrected chi connectivity index (χ4v) is 1.64. The number of urea groups is 1. The van der Waals surface area contributed by atoms with Gasteiger partial charge in [0.1, 0.15) is 6.33 Å². The van der Waals surface area contributed by atoms with E-state index in [-0.39, 0.29) is 6.03 Å². The number of nitrogens with zero attached hydrogens (tertiary/aromatic N) is 2. The van der Waals surface area contributed by atoms with Crippen LogP contribution in [0.5, 0.6) is 0 Å². The second kappa shape index (κ2) is 4.56. The van der Waals surface area contributed by atoms with Gasteiger partial charge >= 0.3 is 6.03 Å². The number of rotatable bonds is 3. The monoisotopic (exact) mass is 223 g/mol. The number of nitrogens with one attached hydrogen (secondary N) is 3. The summed E-state index contributed by atoms with van der Waals surface area (Å²) in [4.78, 5) is 16.2. The number of carbonyl (C=O) groups excluding carboxylic acids is 1. The van der Waals surface area contributed by atoms with Crippen LogP contribution in [-0.2, 0) is 6.54 Å². The summed E-state index contributed by atoms with van der Waals surface area (Å²) in [5.41, 5.74) is 0. The lowest BCUT2D eigenvalue weighted by Crippen LogP contribution is -2.28. The van der Waals surface area contributed by atoms with Gasteiger partial charge in [0, 0.05) is 4.88 Å². The van der Waals surface area contributed by atoms with Gasteiger partial charge in [0.05, 0.1) is 6.54 Å². The minimum atomic E-state index is -0.305. The van der Waals surface area contributed by atoms with Crippen molar-refractivity contribution in [3.63, 3.8) is 0 Å². The molecule has 3 N–H and O–H groups in total. The number of anilines is 1. The molecule has 6 nitrogen and oxygen atoms in total. The molecule has 0 fully saturated rings. The zero-order valence-corrected chi connectivity index (χ0v) is 8.54. The number of amides is 2. The highest BCUT2D eigenvalue weighted by atomic mass is 32.1. The highest BCUT2D eigenvalue weighted by Crippen LogP contribution is 2.07. The molecule has 0 aliphatic heterocycles.